The summed E-state index contributed by atoms with van der Waals surface area (Å²) in [6.45, 7) is 6.41. The van der Waals surface area contributed by atoms with E-state index < -0.39 is 0 Å². The van der Waals surface area contributed by atoms with Crippen molar-refractivity contribution in [2.45, 2.75) is 51.7 Å². The minimum absolute atomic E-state index is 0.0152. The van der Waals surface area contributed by atoms with Crippen LogP contribution in [-0.4, -0.2) is 24.2 Å². The van der Waals surface area contributed by atoms with Crippen LogP contribution in [0.5, 0.6) is 0 Å². The van der Waals surface area contributed by atoms with E-state index >= 15 is 0 Å². The second-order valence-electron chi connectivity index (χ2n) is 4.65. The number of hydrogen-bond donors (Lipinski definition) is 1. The third kappa shape index (κ3) is 4.27. The lowest BCUT2D eigenvalue weighted by molar-refractivity contribution is -0.152. The molecule has 0 atom stereocenters. The van der Waals surface area contributed by atoms with Gasteiger partial charge in [-0.25, -0.2) is 0 Å². The standard InChI is InChI=1S/C10H19NO2/c1-10(2,3)11-7-9(12)13-8-5-4-6-8/h8,11H,4-7H2,1-3H3. The normalized spacial score (nSPS) is 18.1. The maximum absolute atomic E-state index is 11.2. The summed E-state index contributed by atoms with van der Waals surface area (Å²) in [6, 6.07) is 0. The van der Waals surface area contributed by atoms with Gasteiger partial charge in [-0.1, -0.05) is 0 Å². The molecule has 76 valence electrons. The van der Waals surface area contributed by atoms with Crippen molar-refractivity contribution in [1.29, 1.82) is 0 Å². The highest BCUT2D eigenvalue weighted by atomic mass is 16.5. The Morgan fingerprint density at radius 3 is 2.46 bits per heavy atom. The molecule has 0 amide bonds. The molecule has 0 heterocycles. The van der Waals surface area contributed by atoms with E-state index in [9.17, 15) is 4.79 Å². The van der Waals surface area contributed by atoms with Crippen LogP contribution >= 0.6 is 0 Å². The summed E-state index contributed by atoms with van der Waals surface area (Å²) in [4.78, 5) is 11.2. The molecule has 0 aromatic rings. The molecule has 1 aliphatic carbocycles. The van der Waals surface area contributed by atoms with Crippen molar-refractivity contribution in [1.82, 2.24) is 5.32 Å². The van der Waals surface area contributed by atoms with Crippen LogP contribution in [0.2, 0.25) is 0 Å². The van der Waals surface area contributed by atoms with Crippen LogP contribution in [0.4, 0.5) is 0 Å². The van der Waals surface area contributed by atoms with Gasteiger partial charge in [0, 0.05) is 5.54 Å². The first-order valence-corrected chi connectivity index (χ1v) is 4.92. The minimum atomic E-state index is -0.125. The topological polar surface area (TPSA) is 38.3 Å². The second-order valence-corrected chi connectivity index (χ2v) is 4.65. The van der Waals surface area contributed by atoms with E-state index in [0.29, 0.717) is 6.54 Å². The maximum atomic E-state index is 11.2. The molecule has 1 rings (SSSR count). The van der Waals surface area contributed by atoms with Crippen LogP contribution in [0.1, 0.15) is 40.0 Å². The zero-order chi connectivity index (χ0) is 9.90. The Hall–Kier alpha value is -0.570. The van der Waals surface area contributed by atoms with Crippen LogP contribution in [0.15, 0.2) is 0 Å². The van der Waals surface area contributed by atoms with Gasteiger partial charge >= 0.3 is 5.97 Å². The summed E-state index contributed by atoms with van der Waals surface area (Å²) in [5.74, 6) is -0.125. The minimum Gasteiger partial charge on any atom is -0.461 e. The van der Waals surface area contributed by atoms with Crippen LogP contribution in [-0.2, 0) is 9.53 Å². The first-order chi connectivity index (χ1) is 5.97. The number of ether oxygens (including phenoxy) is 1. The lowest BCUT2D eigenvalue weighted by atomic mass is 9.96. The average molecular weight is 185 g/mol. The molecule has 1 saturated carbocycles. The fourth-order valence-corrected chi connectivity index (χ4v) is 1.05. The van der Waals surface area contributed by atoms with Gasteiger partial charge in [-0.3, -0.25) is 4.79 Å². The molecular weight excluding hydrogens is 166 g/mol. The molecular formula is C10H19NO2. The van der Waals surface area contributed by atoms with E-state index in [1.54, 1.807) is 0 Å². The zero-order valence-electron chi connectivity index (χ0n) is 8.72. The number of carbonyl (C=O) groups is 1. The zero-order valence-corrected chi connectivity index (χ0v) is 8.72. The third-order valence-electron chi connectivity index (χ3n) is 2.11. The molecule has 0 aromatic carbocycles. The van der Waals surface area contributed by atoms with Gasteiger partial charge in [0.05, 0.1) is 6.54 Å². The van der Waals surface area contributed by atoms with E-state index in [0.717, 1.165) is 12.8 Å². The Balaban J connectivity index is 2.10. The molecule has 1 fully saturated rings. The molecule has 0 aliphatic heterocycles. The molecule has 13 heavy (non-hydrogen) atoms. The third-order valence-corrected chi connectivity index (χ3v) is 2.11. The summed E-state index contributed by atoms with van der Waals surface area (Å²) in [5, 5.41) is 3.10. The quantitative estimate of drug-likeness (QED) is 0.677. The van der Waals surface area contributed by atoms with Gasteiger partial charge in [0.2, 0.25) is 0 Å². The van der Waals surface area contributed by atoms with E-state index in [-0.39, 0.29) is 17.6 Å². The molecule has 1 N–H and O–H groups in total. The van der Waals surface area contributed by atoms with Gasteiger partial charge in [-0.15, -0.1) is 0 Å². The molecule has 0 spiro atoms. The summed E-state index contributed by atoms with van der Waals surface area (Å²) < 4.78 is 5.18. The van der Waals surface area contributed by atoms with Crippen molar-refractivity contribution >= 4 is 5.97 Å². The van der Waals surface area contributed by atoms with Crippen LogP contribution in [0, 0.1) is 0 Å². The molecule has 0 radical (unpaired) electrons. The molecule has 3 nitrogen and oxygen atoms in total. The Labute approximate surface area is 79.8 Å². The molecule has 0 bridgehead atoms. The van der Waals surface area contributed by atoms with Crippen LogP contribution < -0.4 is 5.32 Å². The second kappa shape index (κ2) is 4.09. The molecule has 0 unspecified atom stereocenters. The van der Waals surface area contributed by atoms with Gasteiger partial charge in [0.25, 0.3) is 0 Å². The van der Waals surface area contributed by atoms with Gasteiger partial charge in [0.1, 0.15) is 6.10 Å². The molecule has 0 saturated heterocycles. The smallest absolute Gasteiger partial charge is 0.320 e. The summed E-state index contributed by atoms with van der Waals surface area (Å²) in [6.07, 6.45) is 3.49. The lowest BCUT2D eigenvalue weighted by Gasteiger charge is -2.26. The highest BCUT2D eigenvalue weighted by molar-refractivity contribution is 5.72. The first kappa shape index (κ1) is 10.5. The van der Waals surface area contributed by atoms with Crippen molar-refractivity contribution in [2.75, 3.05) is 6.54 Å². The van der Waals surface area contributed by atoms with E-state index in [1.807, 2.05) is 20.8 Å². The fraction of sp³-hybridized carbons (Fsp3) is 0.900. The SMILES string of the molecule is CC(C)(C)NCC(=O)OC1CCC1. The van der Waals surface area contributed by atoms with Gasteiger partial charge in [0.15, 0.2) is 0 Å². The Kier molecular flexibility index (Phi) is 3.31. The van der Waals surface area contributed by atoms with Gasteiger partial charge < -0.3 is 10.1 Å². The summed E-state index contributed by atoms with van der Waals surface area (Å²) in [5.41, 5.74) is -0.0152. The first-order valence-electron chi connectivity index (χ1n) is 4.92. The predicted molar refractivity (Wildman–Crippen MR) is 51.5 cm³/mol. The van der Waals surface area contributed by atoms with Crippen LogP contribution in [0.25, 0.3) is 0 Å². The monoisotopic (exact) mass is 185 g/mol. The fourth-order valence-electron chi connectivity index (χ4n) is 1.05. The Bertz CT molecular complexity index is 180. The average Bonchev–Trinajstić information content (AvgIpc) is 1.91. The maximum Gasteiger partial charge on any atom is 0.320 e. The lowest BCUT2D eigenvalue weighted by Crippen LogP contribution is -2.41. The number of hydrogen-bond acceptors (Lipinski definition) is 3. The molecule has 3 heteroatoms. The predicted octanol–water partition coefficient (Wildman–Crippen LogP) is 1.47. The summed E-state index contributed by atoms with van der Waals surface area (Å²) in [7, 11) is 0. The van der Waals surface area contributed by atoms with Gasteiger partial charge in [-0.2, -0.15) is 0 Å². The highest BCUT2D eigenvalue weighted by Crippen LogP contribution is 2.21. The Morgan fingerprint density at radius 1 is 1.46 bits per heavy atom. The van der Waals surface area contributed by atoms with E-state index in [1.165, 1.54) is 6.42 Å². The summed E-state index contributed by atoms with van der Waals surface area (Å²) >= 11 is 0. The van der Waals surface area contributed by atoms with Crippen molar-refractivity contribution in [3.05, 3.63) is 0 Å². The van der Waals surface area contributed by atoms with Crippen molar-refractivity contribution < 1.29 is 9.53 Å². The molecule has 1 aliphatic rings. The van der Waals surface area contributed by atoms with Crippen molar-refractivity contribution in [3.63, 3.8) is 0 Å². The molecule has 0 aromatic heterocycles. The highest BCUT2D eigenvalue weighted by Gasteiger charge is 2.22. The Morgan fingerprint density at radius 2 is 2.08 bits per heavy atom. The van der Waals surface area contributed by atoms with E-state index in [4.69, 9.17) is 4.74 Å². The number of esters is 1. The van der Waals surface area contributed by atoms with Crippen molar-refractivity contribution in [2.24, 2.45) is 0 Å². The number of nitrogens with one attached hydrogen (secondary N) is 1. The largest absolute Gasteiger partial charge is 0.461 e. The van der Waals surface area contributed by atoms with Crippen molar-refractivity contribution in [3.8, 4) is 0 Å². The number of carbonyl (C=O) groups excluding carboxylic acids is 1. The van der Waals surface area contributed by atoms with Crippen LogP contribution in [0.3, 0.4) is 0 Å². The van der Waals surface area contributed by atoms with Gasteiger partial charge in [-0.05, 0) is 40.0 Å². The van der Waals surface area contributed by atoms with E-state index in [2.05, 4.69) is 5.32 Å². The number of rotatable bonds is 3.